The van der Waals surface area contributed by atoms with Gasteiger partial charge in [0.05, 0.1) is 17.3 Å². The number of hydrogen-bond donors (Lipinski definition) is 1. The van der Waals surface area contributed by atoms with Gasteiger partial charge in [0.15, 0.2) is 5.75 Å². The summed E-state index contributed by atoms with van der Waals surface area (Å²) in [6.45, 7) is 3.93. The number of carbonyl (C=O) groups excluding carboxylic acids is 1. The third-order valence-corrected chi connectivity index (χ3v) is 3.15. The standard InChI is InChI=1S/C16H16ClNO3/c1-3-20-16(19)11-5-4-6-13(18)15(11)21-14-9-10(2)7-8-12(14)17/h4-9H,3,18H2,1-2H3. The lowest BCUT2D eigenvalue weighted by Gasteiger charge is -2.14. The fourth-order valence-corrected chi connectivity index (χ4v) is 1.99. The summed E-state index contributed by atoms with van der Waals surface area (Å²) in [4.78, 5) is 12.0. The summed E-state index contributed by atoms with van der Waals surface area (Å²) >= 11 is 6.11. The molecule has 0 atom stereocenters. The number of esters is 1. The van der Waals surface area contributed by atoms with Gasteiger partial charge in [0.2, 0.25) is 0 Å². The molecule has 0 saturated heterocycles. The minimum absolute atomic E-state index is 0.253. The lowest BCUT2D eigenvalue weighted by Crippen LogP contribution is -2.08. The molecule has 2 N–H and O–H groups in total. The van der Waals surface area contributed by atoms with Gasteiger partial charge < -0.3 is 15.2 Å². The highest BCUT2D eigenvalue weighted by Crippen LogP contribution is 2.35. The van der Waals surface area contributed by atoms with Crippen molar-refractivity contribution in [3.8, 4) is 11.5 Å². The molecule has 0 radical (unpaired) electrons. The normalized spacial score (nSPS) is 10.2. The van der Waals surface area contributed by atoms with Gasteiger partial charge in [0.1, 0.15) is 11.3 Å². The minimum atomic E-state index is -0.483. The molecular formula is C16H16ClNO3. The fourth-order valence-electron chi connectivity index (χ4n) is 1.84. The zero-order valence-corrected chi connectivity index (χ0v) is 12.6. The van der Waals surface area contributed by atoms with E-state index in [1.54, 1.807) is 37.3 Å². The van der Waals surface area contributed by atoms with E-state index < -0.39 is 5.97 Å². The second-order valence-electron chi connectivity index (χ2n) is 4.48. The molecule has 0 aliphatic heterocycles. The van der Waals surface area contributed by atoms with E-state index in [-0.39, 0.29) is 17.9 Å². The highest BCUT2D eigenvalue weighted by molar-refractivity contribution is 6.32. The number of para-hydroxylation sites is 1. The van der Waals surface area contributed by atoms with Crippen LogP contribution in [0.2, 0.25) is 5.02 Å². The molecule has 0 amide bonds. The predicted molar refractivity (Wildman–Crippen MR) is 83.1 cm³/mol. The third kappa shape index (κ3) is 3.47. The summed E-state index contributed by atoms with van der Waals surface area (Å²) in [6.07, 6.45) is 0. The Morgan fingerprint density at radius 1 is 1.29 bits per heavy atom. The van der Waals surface area contributed by atoms with Gasteiger partial charge in [0, 0.05) is 0 Å². The zero-order valence-electron chi connectivity index (χ0n) is 11.9. The first-order chi connectivity index (χ1) is 10.0. The lowest BCUT2D eigenvalue weighted by atomic mass is 10.1. The summed E-state index contributed by atoms with van der Waals surface area (Å²) in [7, 11) is 0. The van der Waals surface area contributed by atoms with Crippen LogP contribution in [-0.4, -0.2) is 12.6 Å². The Morgan fingerprint density at radius 2 is 2.05 bits per heavy atom. The van der Waals surface area contributed by atoms with Gasteiger partial charge in [-0.25, -0.2) is 4.79 Å². The first-order valence-corrected chi connectivity index (χ1v) is 6.90. The number of anilines is 1. The number of rotatable bonds is 4. The maximum Gasteiger partial charge on any atom is 0.342 e. The van der Waals surface area contributed by atoms with Crippen LogP contribution in [0.1, 0.15) is 22.8 Å². The Bertz CT molecular complexity index is 671. The molecule has 0 heterocycles. The molecule has 0 saturated carbocycles. The van der Waals surface area contributed by atoms with E-state index in [9.17, 15) is 4.79 Å². The van der Waals surface area contributed by atoms with E-state index in [4.69, 9.17) is 26.8 Å². The van der Waals surface area contributed by atoms with Gasteiger partial charge in [-0.05, 0) is 43.7 Å². The SMILES string of the molecule is CCOC(=O)c1cccc(N)c1Oc1cc(C)ccc1Cl. The molecule has 0 aromatic heterocycles. The van der Waals surface area contributed by atoms with Gasteiger partial charge in [-0.2, -0.15) is 0 Å². The smallest absolute Gasteiger partial charge is 0.342 e. The van der Waals surface area contributed by atoms with E-state index >= 15 is 0 Å². The molecule has 4 nitrogen and oxygen atoms in total. The zero-order chi connectivity index (χ0) is 15.4. The second-order valence-corrected chi connectivity index (χ2v) is 4.89. The van der Waals surface area contributed by atoms with Crippen LogP contribution in [0, 0.1) is 6.92 Å². The number of carbonyl (C=O) groups is 1. The Labute approximate surface area is 128 Å². The minimum Gasteiger partial charge on any atom is -0.462 e. The molecule has 2 aromatic rings. The van der Waals surface area contributed by atoms with Gasteiger partial charge >= 0.3 is 5.97 Å². The summed E-state index contributed by atoms with van der Waals surface area (Å²) in [5.74, 6) is 0.215. The first kappa shape index (κ1) is 15.2. The van der Waals surface area contributed by atoms with E-state index in [2.05, 4.69) is 0 Å². The number of benzene rings is 2. The summed E-state index contributed by atoms with van der Waals surface area (Å²) in [5.41, 5.74) is 7.52. The Balaban J connectivity index is 2.43. The lowest BCUT2D eigenvalue weighted by molar-refractivity contribution is 0.0523. The van der Waals surface area contributed by atoms with Crippen molar-refractivity contribution in [2.75, 3.05) is 12.3 Å². The monoisotopic (exact) mass is 305 g/mol. The molecule has 0 aliphatic carbocycles. The van der Waals surface area contributed by atoms with Crippen LogP contribution in [0.5, 0.6) is 11.5 Å². The Kier molecular flexibility index (Phi) is 4.70. The maximum absolute atomic E-state index is 12.0. The molecule has 0 fully saturated rings. The number of aryl methyl sites for hydroxylation is 1. The van der Waals surface area contributed by atoms with Crippen molar-refractivity contribution in [2.45, 2.75) is 13.8 Å². The molecule has 2 rings (SSSR count). The molecule has 0 bridgehead atoms. The van der Waals surface area contributed by atoms with Crippen LogP contribution in [0.3, 0.4) is 0 Å². The van der Waals surface area contributed by atoms with Crippen LogP contribution in [0.25, 0.3) is 0 Å². The molecule has 21 heavy (non-hydrogen) atoms. The van der Waals surface area contributed by atoms with Crippen molar-refractivity contribution in [3.05, 3.63) is 52.5 Å². The molecule has 110 valence electrons. The summed E-state index contributed by atoms with van der Waals surface area (Å²) in [6, 6.07) is 10.3. The third-order valence-electron chi connectivity index (χ3n) is 2.84. The van der Waals surface area contributed by atoms with E-state index in [0.717, 1.165) is 5.56 Å². The molecule has 2 aromatic carbocycles. The molecule has 5 heteroatoms. The van der Waals surface area contributed by atoms with Crippen molar-refractivity contribution < 1.29 is 14.3 Å². The van der Waals surface area contributed by atoms with Gasteiger partial charge in [-0.3, -0.25) is 0 Å². The van der Waals surface area contributed by atoms with Crippen LogP contribution >= 0.6 is 11.6 Å². The number of hydrogen-bond acceptors (Lipinski definition) is 4. The predicted octanol–water partition coefficient (Wildman–Crippen LogP) is 4.20. The van der Waals surface area contributed by atoms with Crippen molar-refractivity contribution in [3.63, 3.8) is 0 Å². The van der Waals surface area contributed by atoms with Crippen LogP contribution in [-0.2, 0) is 4.74 Å². The van der Waals surface area contributed by atoms with Crippen molar-refractivity contribution in [1.82, 2.24) is 0 Å². The highest BCUT2D eigenvalue weighted by Gasteiger charge is 2.18. The largest absolute Gasteiger partial charge is 0.462 e. The first-order valence-electron chi connectivity index (χ1n) is 6.52. The van der Waals surface area contributed by atoms with Crippen LogP contribution in [0.4, 0.5) is 5.69 Å². The number of nitrogens with two attached hydrogens (primary N) is 1. The average molecular weight is 306 g/mol. The van der Waals surface area contributed by atoms with Crippen LogP contribution in [0.15, 0.2) is 36.4 Å². The summed E-state index contributed by atoms with van der Waals surface area (Å²) < 4.78 is 10.8. The van der Waals surface area contributed by atoms with Crippen molar-refractivity contribution in [2.24, 2.45) is 0 Å². The molecular weight excluding hydrogens is 290 g/mol. The molecule has 0 aliphatic rings. The van der Waals surface area contributed by atoms with Gasteiger partial charge in [-0.1, -0.05) is 23.7 Å². The topological polar surface area (TPSA) is 61.5 Å². The van der Waals surface area contributed by atoms with Crippen molar-refractivity contribution in [1.29, 1.82) is 0 Å². The summed E-state index contributed by atoms with van der Waals surface area (Å²) in [5, 5.41) is 0.443. The quantitative estimate of drug-likeness (QED) is 0.679. The van der Waals surface area contributed by atoms with Crippen LogP contribution < -0.4 is 10.5 Å². The van der Waals surface area contributed by atoms with Gasteiger partial charge in [-0.15, -0.1) is 0 Å². The highest BCUT2D eigenvalue weighted by atomic mass is 35.5. The molecule has 0 spiro atoms. The number of ether oxygens (including phenoxy) is 2. The maximum atomic E-state index is 12.0. The Morgan fingerprint density at radius 3 is 2.76 bits per heavy atom. The van der Waals surface area contributed by atoms with E-state index in [1.165, 1.54) is 0 Å². The fraction of sp³-hybridized carbons (Fsp3) is 0.188. The average Bonchev–Trinajstić information content (AvgIpc) is 2.45. The molecule has 0 unspecified atom stereocenters. The van der Waals surface area contributed by atoms with Crippen molar-refractivity contribution >= 4 is 23.3 Å². The van der Waals surface area contributed by atoms with Gasteiger partial charge in [0.25, 0.3) is 0 Å². The number of nitrogen functional groups attached to an aromatic ring is 1. The van der Waals surface area contributed by atoms with E-state index in [0.29, 0.717) is 16.5 Å². The number of halogens is 1. The Hall–Kier alpha value is -2.20. The van der Waals surface area contributed by atoms with E-state index in [1.807, 2.05) is 13.0 Å². The second kappa shape index (κ2) is 6.50.